The Kier molecular flexibility index (Phi) is 6.90. The van der Waals surface area contributed by atoms with Gasteiger partial charge in [0, 0.05) is 36.9 Å². The first kappa shape index (κ1) is 23.1. The van der Waals surface area contributed by atoms with Crippen LogP contribution in [-0.2, 0) is 4.79 Å². The quantitative estimate of drug-likeness (QED) is 0.662. The van der Waals surface area contributed by atoms with Crippen LogP contribution in [0.4, 0.5) is 4.39 Å². The largest absolute Gasteiger partial charge is 0.350 e. The molecule has 174 valence electrons. The van der Waals surface area contributed by atoms with Crippen LogP contribution in [-0.4, -0.2) is 63.8 Å². The first-order valence-corrected chi connectivity index (χ1v) is 11.3. The smallest absolute Gasteiger partial charge is 0.264 e. The van der Waals surface area contributed by atoms with Crippen molar-refractivity contribution in [2.75, 3.05) is 13.1 Å². The molecule has 2 aliphatic rings. The average Bonchev–Trinajstić information content (AvgIpc) is 3.26. The zero-order chi connectivity index (χ0) is 23.5. The Balaban J connectivity index is 1.59. The molecule has 1 saturated carbocycles. The lowest BCUT2D eigenvalue weighted by molar-refractivity contribution is -0.129. The van der Waals surface area contributed by atoms with Crippen LogP contribution in [0.2, 0.25) is 5.15 Å². The molecule has 1 saturated heterocycles. The SMILES string of the molecule is NC1CCC(NC(=O)C2N(C(=O)c3ccc(F)cc3)CCN2C(=O)c2ccc(Cl)nc2)CC1. The average molecular weight is 474 g/mol. The first-order chi connectivity index (χ1) is 15.8. The van der Waals surface area contributed by atoms with Crippen LogP contribution >= 0.6 is 11.6 Å². The predicted octanol–water partition coefficient (Wildman–Crippen LogP) is 2.18. The van der Waals surface area contributed by atoms with Crippen molar-refractivity contribution in [1.82, 2.24) is 20.1 Å². The highest BCUT2D eigenvalue weighted by Gasteiger charge is 2.43. The molecule has 10 heteroatoms. The summed E-state index contributed by atoms with van der Waals surface area (Å²) in [5, 5.41) is 3.23. The molecule has 3 N–H and O–H groups in total. The van der Waals surface area contributed by atoms with Gasteiger partial charge in [-0.25, -0.2) is 9.37 Å². The van der Waals surface area contributed by atoms with Gasteiger partial charge in [0.15, 0.2) is 6.17 Å². The molecule has 4 rings (SSSR count). The zero-order valence-corrected chi connectivity index (χ0v) is 18.7. The van der Waals surface area contributed by atoms with Gasteiger partial charge in [-0.2, -0.15) is 0 Å². The van der Waals surface area contributed by atoms with E-state index in [4.69, 9.17) is 17.3 Å². The van der Waals surface area contributed by atoms with Crippen LogP contribution in [0.5, 0.6) is 0 Å². The van der Waals surface area contributed by atoms with Crippen LogP contribution in [0.3, 0.4) is 0 Å². The minimum absolute atomic E-state index is 0.0742. The second kappa shape index (κ2) is 9.84. The van der Waals surface area contributed by atoms with E-state index in [0.29, 0.717) is 0 Å². The number of halogens is 2. The summed E-state index contributed by atoms with van der Waals surface area (Å²) < 4.78 is 13.3. The van der Waals surface area contributed by atoms with Gasteiger partial charge in [0.05, 0.1) is 5.56 Å². The summed E-state index contributed by atoms with van der Waals surface area (Å²) in [5.41, 5.74) is 6.46. The molecule has 33 heavy (non-hydrogen) atoms. The number of benzene rings is 1. The van der Waals surface area contributed by atoms with E-state index in [9.17, 15) is 18.8 Å². The standard InChI is InChI=1S/C23H25ClFN5O3/c24-19-10-3-15(13-27-19)23(33)30-12-11-29(22(32)14-1-4-16(25)5-2-14)21(30)20(31)28-18-8-6-17(26)7-9-18/h1-5,10,13,17-18,21H,6-9,11-12,26H2,(H,28,31). The molecule has 1 aliphatic carbocycles. The van der Waals surface area contributed by atoms with Gasteiger partial charge in [0.1, 0.15) is 11.0 Å². The van der Waals surface area contributed by atoms with Gasteiger partial charge < -0.3 is 20.9 Å². The minimum atomic E-state index is -1.14. The highest BCUT2D eigenvalue weighted by Crippen LogP contribution is 2.23. The molecule has 0 radical (unpaired) electrons. The van der Waals surface area contributed by atoms with Crippen LogP contribution < -0.4 is 11.1 Å². The Bertz CT molecular complexity index is 960. The van der Waals surface area contributed by atoms with Crippen LogP contribution in [0, 0.1) is 5.82 Å². The molecule has 1 aromatic carbocycles. The highest BCUT2D eigenvalue weighted by molar-refractivity contribution is 6.29. The number of hydrogen-bond donors (Lipinski definition) is 2. The van der Waals surface area contributed by atoms with Crippen molar-refractivity contribution >= 4 is 29.3 Å². The maximum absolute atomic E-state index is 13.4. The van der Waals surface area contributed by atoms with Gasteiger partial charge in [-0.15, -0.1) is 0 Å². The molecule has 0 bridgehead atoms. The third-order valence-electron chi connectivity index (χ3n) is 6.11. The van der Waals surface area contributed by atoms with Crippen LogP contribution in [0.1, 0.15) is 46.4 Å². The normalized spacial score (nSPS) is 22.8. The number of carbonyl (C=O) groups excluding carboxylic acids is 3. The monoisotopic (exact) mass is 473 g/mol. The summed E-state index contributed by atoms with van der Waals surface area (Å²) >= 11 is 5.83. The predicted molar refractivity (Wildman–Crippen MR) is 120 cm³/mol. The van der Waals surface area contributed by atoms with Crippen LogP contribution in [0.25, 0.3) is 0 Å². The van der Waals surface area contributed by atoms with Crippen molar-refractivity contribution in [3.63, 3.8) is 0 Å². The molecular formula is C23H25ClFN5O3. The van der Waals surface area contributed by atoms with Gasteiger partial charge in [0.25, 0.3) is 17.7 Å². The van der Waals surface area contributed by atoms with E-state index in [1.807, 2.05) is 0 Å². The number of aromatic nitrogens is 1. The summed E-state index contributed by atoms with van der Waals surface area (Å²) in [5.74, 6) is -1.78. The molecule has 2 aromatic rings. The summed E-state index contributed by atoms with van der Waals surface area (Å²) in [6.45, 7) is 0.332. The second-order valence-electron chi connectivity index (χ2n) is 8.37. The lowest BCUT2D eigenvalue weighted by atomic mass is 9.92. The second-order valence-corrected chi connectivity index (χ2v) is 8.75. The fraction of sp³-hybridized carbons (Fsp3) is 0.391. The molecule has 2 fully saturated rings. The maximum atomic E-state index is 13.4. The maximum Gasteiger partial charge on any atom is 0.264 e. The molecule has 2 heterocycles. The Hall–Kier alpha value is -3.04. The number of pyridine rings is 1. The molecule has 1 atom stereocenters. The summed E-state index contributed by atoms with van der Waals surface area (Å²) in [7, 11) is 0. The fourth-order valence-corrected chi connectivity index (χ4v) is 4.41. The van der Waals surface area contributed by atoms with E-state index >= 15 is 0 Å². The summed E-state index contributed by atoms with van der Waals surface area (Å²) in [6, 6.07) is 8.17. The first-order valence-electron chi connectivity index (χ1n) is 10.9. The molecule has 0 spiro atoms. The van der Waals surface area contributed by atoms with Gasteiger partial charge >= 0.3 is 0 Å². The van der Waals surface area contributed by atoms with Crippen molar-refractivity contribution in [3.8, 4) is 0 Å². The van der Waals surface area contributed by atoms with Crippen molar-refractivity contribution in [3.05, 3.63) is 64.7 Å². The van der Waals surface area contributed by atoms with Gasteiger partial charge in [-0.3, -0.25) is 14.4 Å². The Morgan fingerprint density at radius 1 is 0.939 bits per heavy atom. The highest BCUT2D eigenvalue weighted by atomic mass is 35.5. The number of hydrogen-bond acceptors (Lipinski definition) is 5. The molecular weight excluding hydrogens is 449 g/mol. The Morgan fingerprint density at radius 3 is 2.09 bits per heavy atom. The van der Waals surface area contributed by atoms with Gasteiger partial charge in [-0.05, 0) is 62.1 Å². The van der Waals surface area contributed by atoms with Gasteiger partial charge in [-0.1, -0.05) is 11.6 Å². The third-order valence-corrected chi connectivity index (χ3v) is 6.34. The van der Waals surface area contributed by atoms with E-state index in [-0.39, 0.29) is 41.5 Å². The topological polar surface area (TPSA) is 109 Å². The fourth-order valence-electron chi connectivity index (χ4n) is 4.30. The number of nitrogens with zero attached hydrogens (tertiary/aromatic N) is 3. The van der Waals surface area contributed by atoms with E-state index < -0.39 is 29.7 Å². The summed E-state index contributed by atoms with van der Waals surface area (Å²) in [4.78, 5) is 46.4. The third kappa shape index (κ3) is 5.15. The number of rotatable bonds is 4. The van der Waals surface area contributed by atoms with E-state index in [1.54, 1.807) is 0 Å². The Morgan fingerprint density at radius 2 is 1.52 bits per heavy atom. The molecule has 1 aliphatic heterocycles. The number of nitrogens with one attached hydrogen (secondary N) is 1. The van der Waals surface area contributed by atoms with Gasteiger partial charge in [0.2, 0.25) is 0 Å². The minimum Gasteiger partial charge on any atom is -0.350 e. The van der Waals surface area contributed by atoms with E-state index in [1.165, 1.54) is 52.4 Å². The van der Waals surface area contributed by atoms with E-state index in [0.717, 1.165) is 25.7 Å². The lowest BCUT2D eigenvalue weighted by Crippen LogP contribution is -2.56. The molecule has 1 aromatic heterocycles. The number of nitrogens with two attached hydrogens (primary N) is 1. The zero-order valence-electron chi connectivity index (χ0n) is 17.9. The number of carbonyl (C=O) groups is 3. The Labute approximate surface area is 195 Å². The van der Waals surface area contributed by atoms with E-state index in [2.05, 4.69) is 10.3 Å². The number of amides is 3. The summed E-state index contributed by atoms with van der Waals surface area (Å²) in [6.07, 6.45) is 3.27. The van der Waals surface area contributed by atoms with Crippen LogP contribution in [0.15, 0.2) is 42.6 Å². The molecule has 1 unspecified atom stereocenters. The van der Waals surface area contributed by atoms with Crippen molar-refractivity contribution in [2.24, 2.45) is 5.73 Å². The van der Waals surface area contributed by atoms with Crippen molar-refractivity contribution in [1.29, 1.82) is 0 Å². The molecule has 8 nitrogen and oxygen atoms in total. The van der Waals surface area contributed by atoms with Crippen molar-refractivity contribution < 1.29 is 18.8 Å². The molecule has 3 amide bonds. The lowest BCUT2D eigenvalue weighted by Gasteiger charge is -2.32. The van der Waals surface area contributed by atoms with Crippen molar-refractivity contribution in [2.45, 2.75) is 43.9 Å².